The first-order valence-corrected chi connectivity index (χ1v) is 6.87. The van der Waals surface area contributed by atoms with Crippen LogP contribution >= 0.6 is 11.3 Å². The van der Waals surface area contributed by atoms with Gasteiger partial charge >= 0.3 is 5.97 Å². The number of piperidine rings is 1. The number of carbonyl (C=O) groups is 1. The second-order valence-electron chi connectivity index (χ2n) is 4.72. The first kappa shape index (κ1) is 12.5. The Morgan fingerprint density at radius 1 is 1.71 bits per heavy atom. The molecule has 1 unspecified atom stereocenters. The Morgan fingerprint density at radius 3 is 3.12 bits per heavy atom. The van der Waals surface area contributed by atoms with Crippen molar-refractivity contribution in [1.29, 1.82) is 0 Å². The number of aliphatic carboxylic acids is 1. The van der Waals surface area contributed by atoms with Gasteiger partial charge in [-0.15, -0.1) is 11.3 Å². The second-order valence-corrected chi connectivity index (χ2v) is 5.69. The Balaban J connectivity index is 2.03. The fourth-order valence-corrected chi connectivity index (χ4v) is 3.15. The number of carboxylic acids is 1. The standard InChI is InChI=1S/C12H18N2O2S/c1-2-12(11(15)16)4-3-5-14(8-12)7-10-6-13-9-17-10/h6,9H,2-5,7-8H2,1H3,(H,15,16). The summed E-state index contributed by atoms with van der Waals surface area (Å²) in [4.78, 5) is 18.9. The van der Waals surface area contributed by atoms with E-state index in [1.54, 1.807) is 11.3 Å². The predicted molar refractivity (Wildman–Crippen MR) is 67.0 cm³/mol. The highest BCUT2D eigenvalue weighted by Crippen LogP contribution is 2.34. The maximum atomic E-state index is 11.4. The average Bonchev–Trinajstić information content (AvgIpc) is 2.82. The molecule has 1 N–H and O–H groups in total. The monoisotopic (exact) mass is 254 g/mol. The summed E-state index contributed by atoms with van der Waals surface area (Å²) in [7, 11) is 0. The molecule has 17 heavy (non-hydrogen) atoms. The van der Waals surface area contributed by atoms with Crippen LogP contribution in [0.15, 0.2) is 11.7 Å². The lowest BCUT2D eigenvalue weighted by Crippen LogP contribution is -2.47. The molecule has 0 amide bonds. The zero-order valence-electron chi connectivity index (χ0n) is 10.1. The van der Waals surface area contributed by atoms with E-state index in [1.165, 1.54) is 4.88 Å². The van der Waals surface area contributed by atoms with Crippen molar-refractivity contribution in [2.45, 2.75) is 32.7 Å². The van der Waals surface area contributed by atoms with E-state index in [-0.39, 0.29) is 0 Å². The highest BCUT2D eigenvalue weighted by molar-refractivity contribution is 7.09. The van der Waals surface area contributed by atoms with Gasteiger partial charge in [0.2, 0.25) is 0 Å². The van der Waals surface area contributed by atoms with Crippen molar-refractivity contribution < 1.29 is 9.90 Å². The van der Waals surface area contributed by atoms with Crippen molar-refractivity contribution in [3.8, 4) is 0 Å². The van der Waals surface area contributed by atoms with Crippen molar-refractivity contribution in [3.63, 3.8) is 0 Å². The summed E-state index contributed by atoms with van der Waals surface area (Å²) in [6.07, 6.45) is 4.35. The van der Waals surface area contributed by atoms with E-state index in [1.807, 2.05) is 18.6 Å². The van der Waals surface area contributed by atoms with Gasteiger partial charge in [-0.05, 0) is 25.8 Å². The Hall–Kier alpha value is -0.940. The van der Waals surface area contributed by atoms with Gasteiger partial charge in [0.05, 0.1) is 10.9 Å². The van der Waals surface area contributed by atoms with Gasteiger partial charge in [-0.2, -0.15) is 0 Å². The van der Waals surface area contributed by atoms with Crippen LogP contribution in [0.3, 0.4) is 0 Å². The fourth-order valence-electron chi connectivity index (χ4n) is 2.52. The molecular formula is C12H18N2O2S. The van der Waals surface area contributed by atoms with Gasteiger partial charge < -0.3 is 5.11 Å². The predicted octanol–water partition coefficient (Wildman–Crippen LogP) is 2.22. The summed E-state index contributed by atoms with van der Waals surface area (Å²) < 4.78 is 0. The Labute approximate surface area is 105 Å². The molecule has 0 aliphatic carbocycles. The fraction of sp³-hybridized carbons (Fsp3) is 0.667. The third kappa shape index (κ3) is 2.66. The number of likely N-dealkylation sites (tertiary alicyclic amines) is 1. The van der Waals surface area contributed by atoms with E-state index in [0.717, 1.165) is 25.9 Å². The lowest BCUT2D eigenvalue weighted by atomic mass is 9.77. The second kappa shape index (κ2) is 5.14. The molecule has 0 aromatic carbocycles. The van der Waals surface area contributed by atoms with Crippen LogP contribution in [0.1, 0.15) is 31.1 Å². The number of carboxylic acid groups (broad SMARTS) is 1. The van der Waals surface area contributed by atoms with E-state index in [2.05, 4.69) is 9.88 Å². The van der Waals surface area contributed by atoms with Crippen molar-refractivity contribution in [2.75, 3.05) is 13.1 Å². The summed E-state index contributed by atoms with van der Waals surface area (Å²) >= 11 is 1.63. The number of nitrogens with zero attached hydrogens (tertiary/aromatic N) is 2. The summed E-state index contributed by atoms with van der Waals surface area (Å²) in [6, 6.07) is 0. The number of hydrogen-bond donors (Lipinski definition) is 1. The smallest absolute Gasteiger partial charge is 0.310 e. The summed E-state index contributed by atoms with van der Waals surface area (Å²) in [6.45, 7) is 4.47. The molecule has 5 heteroatoms. The van der Waals surface area contributed by atoms with E-state index >= 15 is 0 Å². The molecule has 1 aliphatic heterocycles. The largest absolute Gasteiger partial charge is 0.481 e. The van der Waals surface area contributed by atoms with Gasteiger partial charge in [0.15, 0.2) is 0 Å². The maximum absolute atomic E-state index is 11.4. The van der Waals surface area contributed by atoms with Crippen molar-refractivity contribution in [2.24, 2.45) is 5.41 Å². The SMILES string of the molecule is CCC1(C(=O)O)CCCN(Cc2cncs2)C1. The van der Waals surface area contributed by atoms with E-state index in [0.29, 0.717) is 13.0 Å². The molecule has 1 aromatic rings. The maximum Gasteiger partial charge on any atom is 0.310 e. The number of hydrogen-bond acceptors (Lipinski definition) is 4. The molecule has 1 saturated heterocycles. The lowest BCUT2D eigenvalue weighted by molar-refractivity contribution is -0.153. The zero-order chi connectivity index (χ0) is 12.3. The van der Waals surface area contributed by atoms with Crippen molar-refractivity contribution in [1.82, 2.24) is 9.88 Å². The summed E-state index contributed by atoms with van der Waals surface area (Å²) in [5.74, 6) is -0.644. The van der Waals surface area contributed by atoms with Crippen LogP contribution in [0.4, 0.5) is 0 Å². The topological polar surface area (TPSA) is 53.4 Å². The Morgan fingerprint density at radius 2 is 2.53 bits per heavy atom. The molecule has 2 heterocycles. The molecule has 0 bridgehead atoms. The average molecular weight is 254 g/mol. The van der Waals surface area contributed by atoms with Gasteiger partial charge in [0.1, 0.15) is 0 Å². The summed E-state index contributed by atoms with van der Waals surface area (Å²) in [5, 5.41) is 9.40. The molecule has 94 valence electrons. The third-order valence-electron chi connectivity index (χ3n) is 3.65. The zero-order valence-corrected chi connectivity index (χ0v) is 10.9. The molecule has 2 rings (SSSR count). The van der Waals surface area contributed by atoms with Crippen molar-refractivity contribution in [3.05, 3.63) is 16.6 Å². The highest BCUT2D eigenvalue weighted by Gasteiger charge is 2.40. The molecule has 0 saturated carbocycles. The molecule has 1 aromatic heterocycles. The van der Waals surface area contributed by atoms with E-state index in [9.17, 15) is 9.90 Å². The van der Waals surface area contributed by atoms with Crippen LogP contribution in [0.25, 0.3) is 0 Å². The van der Waals surface area contributed by atoms with Crippen LogP contribution < -0.4 is 0 Å². The Bertz CT molecular complexity index is 380. The van der Waals surface area contributed by atoms with Crippen molar-refractivity contribution >= 4 is 17.3 Å². The molecular weight excluding hydrogens is 236 g/mol. The minimum Gasteiger partial charge on any atom is -0.481 e. The van der Waals surface area contributed by atoms with Crippen LogP contribution in [0.5, 0.6) is 0 Å². The first-order valence-electron chi connectivity index (χ1n) is 5.99. The molecule has 0 radical (unpaired) electrons. The van der Waals surface area contributed by atoms with Crippen LogP contribution in [-0.2, 0) is 11.3 Å². The van der Waals surface area contributed by atoms with Gasteiger partial charge in [0, 0.05) is 24.2 Å². The quantitative estimate of drug-likeness (QED) is 0.895. The van der Waals surface area contributed by atoms with Gasteiger partial charge in [0.25, 0.3) is 0 Å². The van der Waals surface area contributed by atoms with Gasteiger partial charge in [-0.1, -0.05) is 6.92 Å². The highest BCUT2D eigenvalue weighted by atomic mass is 32.1. The van der Waals surface area contributed by atoms with Crippen LogP contribution in [0.2, 0.25) is 0 Å². The van der Waals surface area contributed by atoms with Gasteiger partial charge in [-0.25, -0.2) is 0 Å². The van der Waals surface area contributed by atoms with E-state index < -0.39 is 11.4 Å². The first-order chi connectivity index (χ1) is 8.16. The molecule has 4 nitrogen and oxygen atoms in total. The molecule has 1 aliphatic rings. The Kier molecular flexibility index (Phi) is 3.79. The third-order valence-corrected chi connectivity index (χ3v) is 4.41. The number of thiazole rings is 1. The van der Waals surface area contributed by atoms with Crippen LogP contribution in [-0.4, -0.2) is 34.0 Å². The molecule has 1 atom stereocenters. The number of aromatic nitrogens is 1. The minimum atomic E-state index is -0.644. The lowest BCUT2D eigenvalue weighted by Gasteiger charge is -2.39. The summed E-state index contributed by atoms with van der Waals surface area (Å²) in [5.41, 5.74) is 1.28. The van der Waals surface area contributed by atoms with Gasteiger partial charge in [-0.3, -0.25) is 14.7 Å². The normalized spacial score (nSPS) is 25.9. The minimum absolute atomic E-state index is 0.539. The molecule has 1 fully saturated rings. The number of rotatable bonds is 4. The molecule has 0 spiro atoms. The van der Waals surface area contributed by atoms with E-state index in [4.69, 9.17) is 0 Å². The van der Waals surface area contributed by atoms with Crippen LogP contribution in [0, 0.1) is 5.41 Å².